The number of carboxylic acids is 1. The van der Waals surface area contributed by atoms with Crippen LogP contribution < -0.4 is 9.30 Å². The van der Waals surface area contributed by atoms with Crippen LogP contribution in [0.5, 0.6) is 5.75 Å². The summed E-state index contributed by atoms with van der Waals surface area (Å²) >= 11 is 0. The summed E-state index contributed by atoms with van der Waals surface area (Å²) in [5.74, 6) is -2.09. The quantitative estimate of drug-likeness (QED) is 0.767. The van der Waals surface area contributed by atoms with E-state index in [2.05, 4.69) is 6.07 Å². The van der Waals surface area contributed by atoms with Crippen LogP contribution in [0.15, 0.2) is 36.7 Å². The van der Waals surface area contributed by atoms with Gasteiger partial charge in [-0.25, -0.2) is 4.79 Å². The Hall–Kier alpha value is -3.41. The number of rotatable bonds is 5. The van der Waals surface area contributed by atoms with Crippen LogP contribution in [0.4, 0.5) is 13.2 Å². The minimum atomic E-state index is -5.08. The van der Waals surface area contributed by atoms with Gasteiger partial charge in [0.15, 0.2) is 11.9 Å². The van der Waals surface area contributed by atoms with Gasteiger partial charge in [-0.05, 0) is 30.5 Å². The molecule has 0 unspecified atom stereocenters. The normalized spacial score (nSPS) is 10.4. The minimum Gasteiger partial charge on any atom is -0.491 e. The molecular weight excluding hydrogens is 389 g/mol. The van der Waals surface area contributed by atoms with Gasteiger partial charge in [0, 0.05) is 12.5 Å². The zero-order chi connectivity index (χ0) is 22.2. The molecule has 0 amide bonds. The molecule has 0 saturated heterocycles. The van der Waals surface area contributed by atoms with E-state index in [4.69, 9.17) is 19.9 Å². The molecule has 0 saturated carbocycles. The van der Waals surface area contributed by atoms with E-state index in [0.29, 0.717) is 17.7 Å². The largest absolute Gasteiger partial charge is 0.491 e. The Morgan fingerprint density at radius 3 is 2.21 bits per heavy atom. The third kappa shape index (κ3) is 7.62. The van der Waals surface area contributed by atoms with Gasteiger partial charge in [0.25, 0.3) is 0 Å². The number of carbonyl (C=O) groups is 2. The molecule has 2 aromatic rings. The lowest BCUT2D eigenvalue weighted by atomic mass is 9.98. The zero-order valence-corrected chi connectivity index (χ0v) is 16.1. The van der Waals surface area contributed by atoms with E-state index in [0.717, 1.165) is 16.7 Å². The van der Waals surface area contributed by atoms with Crippen LogP contribution >= 0.6 is 0 Å². The first-order chi connectivity index (χ1) is 13.5. The molecule has 1 heterocycles. The lowest BCUT2D eigenvalue weighted by molar-refractivity contribution is -0.684. The number of methoxy groups -OCH3 is 1. The number of halogens is 3. The Bertz CT molecular complexity index is 914. The smallest absolute Gasteiger partial charge is 0.490 e. The van der Waals surface area contributed by atoms with Crippen molar-refractivity contribution in [1.82, 2.24) is 0 Å². The van der Waals surface area contributed by atoms with Gasteiger partial charge in [-0.1, -0.05) is 18.2 Å². The summed E-state index contributed by atoms with van der Waals surface area (Å²) in [4.78, 5) is 21.2. The predicted octanol–water partition coefficient (Wildman–Crippen LogP) is 2.92. The van der Waals surface area contributed by atoms with E-state index in [1.807, 2.05) is 32.0 Å². The first-order valence-electron chi connectivity index (χ1n) is 8.33. The van der Waals surface area contributed by atoms with Gasteiger partial charge in [0.1, 0.15) is 11.6 Å². The van der Waals surface area contributed by atoms with E-state index in [1.54, 1.807) is 30.1 Å². The summed E-state index contributed by atoms with van der Waals surface area (Å²) < 4.78 is 38.6. The van der Waals surface area contributed by atoms with Crippen LogP contribution in [0, 0.1) is 25.2 Å². The predicted molar refractivity (Wildman–Crippen MR) is 96.2 cm³/mol. The summed E-state index contributed by atoms with van der Waals surface area (Å²) in [7, 11) is 1.54. The molecule has 154 valence electrons. The highest BCUT2D eigenvalue weighted by Gasteiger charge is 2.38. The lowest BCUT2D eigenvalue weighted by Gasteiger charge is -2.08. The van der Waals surface area contributed by atoms with E-state index < -0.39 is 12.1 Å². The first-order valence-corrected chi connectivity index (χ1v) is 8.33. The molecule has 0 radical (unpaired) electrons. The molecule has 1 aromatic carbocycles. The van der Waals surface area contributed by atoms with Crippen LogP contribution in [-0.4, -0.2) is 30.1 Å². The van der Waals surface area contributed by atoms with Crippen molar-refractivity contribution >= 4 is 11.8 Å². The first kappa shape index (κ1) is 23.6. The van der Waals surface area contributed by atoms with Gasteiger partial charge in [-0.3, -0.25) is 4.79 Å². The molecule has 0 aliphatic carbocycles. The van der Waals surface area contributed by atoms with Crippen molar-refractivity contribution in [3.63, 3.8) is 0 Å². The lowest BCUT2D eigenvalue weighted by Crippen LogP contribution is -2.38. The number of hydrogen-bond donors (Lipinski definition) is 1. The van der Waals surface area contributed by atoms with E-state index in [1.165, 1.54) is 0 Å². The van der Waals surface area contributed by atoms with Crippen LogP contribution in [0.3, 0.4) is 0 Å². The molecule has 0 atom stereocenters. The number of alkyl halides is 3. The maximum atomic E-state index is 12.3. The van der Waals surface area contributed by atoms with E-state index in [9.17, 15) is 18.0 Å². The third-order valence-corrected chi connectivity index (χ3v) is 3.88. The standard InChI is InChI=1S/C18H19N2O2.C2HF3O2/c1-13-5-4-6-14(2)18(13)8-16(21)11-20-10-15(9-19)7-17(12-20)22-3;3-2(4,5)1(6)7/h4-7,10,12H,8,11H2,1-3H3;(H,6,7)/q+1;. The van der Waals surface area contributed by atoms with Gasteiger partial charge >= 0.3 is 12.1 Å². The molecule has 29 heavy (non-hydrogen) atoms. The molecule has 0 bridgehead atoms. The number of aliphatic carboxylic acids is 1. The van der Waals surface area contributed by atoms with Crippen molar-refractivity contribution in [2.45, 2.75) is 33.0 Å². The van der Waals surface area contributed by atoms with Crippen LogP contribution in [0.25, 0.3) is 0 Å². The number of carboxylic acid groups (broad SMARTS) is 1. The second kappa shape index (κ2) is 10.2. The summed E-state index contributed by atoms with van der Waals surface area (Å²) in [5, 5.41) is 16.1. The summed E-state index contributed by atoms with van der Waals surface area (Å²) in [6.07, 6.45) is -1.31. The minimum absolute atomic E-state index is 0.0968. The Morgan fingerprint density at radius 2 is 1.76 bits per heavy atom. The molecule has 9 heteroatoms. The molecule has 0 aliphatic rings. The molecule has 0 fully saturated rings. The summed E-state index contributed by atoms with van der Waals surface area (Å²) in [6, 6.07) is 9.74. The molecule has 6 nitrogen and oxygen atoms in total. The Balaban J connectivity index is 0.000000516. The SMILES string of the molecule is COc1cc(C#N)c[n+](CC(=O)Cc2c(C)cccc2C)c1.O=C(O)C(F)(F)F. The number of nitriles is 1. The summed E-state index contributed by atoms with van der Waals surface area (Å²) in [5.41, 5.74) is 3.80. The fourth-order valence-corrected chi connectivity index (χ4v) is 2.46. The monoisotopic (exact) mass is 409 g/mol. The number of nitrogens with zero attached hydrogens (tertiary/aromatic N) is 2. The maximum absolute atomic E-state index is 12.3. The zero-order valence-electron chi connectivity index (χ0n) is 16.1. The number of ether oxygens (including phenoxy) is 1. The fourth-order valence-electron chi connectivity index (χ4n) is 2.46. The topological polar surface area (TPSA) is 91.3 Å². The van der Waals surface area contributed by atoms with Crippen LogP contribution in [0.2, 0.25) is 0 Å². The van der Waals surface area contributed by atoms with Gasteiger partial charge in [0.05, 0.1) is 7.11 Å². The number of carbonyl (C=O) groups excluding carboxylic acids is 1. The van der Waals surface area contributed by atoms with Gasteiger partial charge < -0.3 is 9.84 Å². The number of aromatic nitrogens is 1. The number of aryl methyl sites for hydroxylation is 2. The molecule has 0 aliphatic heterocycles. The highest BCUT2D eigenvalue weighted by Crippen LogP contribution is 2.15. The average molecular weight is 409 g/mol. The van der Waals surface area contributed by atoms with Gasteiger partial charge in [-0.15, -0.1) is 0 Å². The average Bonchev–Trinajstić information content (AvgIpc) is 2.64. The highest BCUT2D eigenvalue weighted by molar-refractivity contribution is 5.80. The van der Waals surface area contributed by atoms with E-state index >= 15 is 0 Å². The van der Waals surface area contributed by atoms with Crippen molar-refractivity contribution < 1.29 is 37.2 Å². The Kier molecular flexibility index (Phi) is 8.33. The number of ketones is 1. The number of hydrogen-bond acceptors (Lipinski definition) is 4. The second-order valence-corrected chi connectivity index (χ2v) is 6.14. The van der Waals surface area contributed by atoms with Gasteiger partial charge in [0.2, 0.25) is 18.5 Å². The Labute approximate surface area is 165 Å². The molecule has 1 N–H and O–H groups in total. The number of benzene rings is 1. The van der Waals surface area contributed by atoms with Crippen molar-refractivity contribution in [2.24, 2.45) is 0 Å². The second-order valence-electron chi connectivity index (χ2n) is 6.14. The molecule has 2 rings (SSSR count). The van der Waals surface area contributed by atoms with Crippen molar-refractivity contribution in [3.05, 3.63) is 58.9 Å². The van der Waals surface area contributed by atoms with Crippen LogP contribution in [0.1, 0.15) is 22.3 Å². The fraction of sp³-hybridized carbons (Fsp3) is 0.300. The highest BCUT2D eigenvalue weighted by atomic mass is 19.4. The van der Waals surface area contributed by atoms with Gasteiger partial charge in [-0.2, -0.15) is 23.0 Å². The third-order valence-electron chi connectivity index (χ3n) is 3.88. The molecular formula is C20H20F3N2O4+. The summed E-state index contributed by atoms with van der Waals surface area (Å²) in [6.45, 7) is 4.25. The van der Waals surface area contributed by atoms with Crippen molar-refractivity contribution in [2.75, 3.05) is 7.11 Å². The molecule has 1 aromatic heterocycles. The van der Waals surface area contributed by atoms with Crippen molar-refractivity contribution in [3.8, 4) is 11.8 Å². The van der Waals surface area contributed by atoms with E-state index in [-0.39, 0.29) is 12.3 Å². The Morgan fingerprint density at radius 1 is 1.21 bits per heavy atom. The molecule has 0 spiro atoms. The van der Waals surface area contributed by atoms with Crippen LogP contribution in [-0.2, 0) is 22.6 Å². The number of pyridine rings is 1. The van der Waals surface area contributed by atoms with Crippen molar-refractivity contribution in [1.29, 1.82) is 5.26 Å². The maximum Gasteiger partial charge on any atom is 0.490 e. The number of Topliss-reactive ketones (excluding diaryl/α,β-unsaturated/α-hetero) is 1.